The molecule has 0 atom stereocenters. The zero-order valence-corrected chi connectivity index (χ0v) is 15.3. The van der Waals surface area contributed by atoms with Crippen LogP contribution in [0, 0.1) is 11.3 Å². The number of thiophene rings is 1. The summed E-state index contributed by atoms with van der Waals surface area (Å²) < 4.78 is 5.06. The van der Waals surface area contributed by atoms with Gasteiger partial charge in [0.2, 0.25) is 0 Å². The summed E-state index contributed by atoms with van der Waals surface area (Å²) in [5.74, 6) is -0.927. The fourth-order valence-electron chi connectivity index (χ4n) is 2.70. The van der Waals surface area contributed by atoms with Crippen molar-refractivity contribution < 1.29 is 19.1 Å². The first-order valence-corrected chi connectivity index (χ1v) is 9.24. The van der Waals surface area contributed by atoms with Gasteiger partial charge in [-0.2, -0.15) is 5.26 Å². The highest BCUT2D eigenvalue weighted by molar-refractivity contribution is 7.12. The number of hydrogen-bond acceptors (Lipinski definition) is 6. The van der Waals surface area contributed by atoms with Crippen LogP contribution < -0.4 is 0 Å². The van der Waals surface area contributed by atoms with Gasteiger partial charge in [-0.05, 0) is 35.7 Å². The minimum absolute atomic E-state index is 0.0238. The van der Waals surface area contributed by atoms with Crippen molar-refractivity contribution >= 4 is 29.1 Å². The van der Waals surface area contributed by atoms with Crippen LogP contribution in [0.4, 0.5) is 0 Å². The Balaban J connectivity index is 1.46. The van der Waals surface area contributed by atoms with Gasteiger partial charge in [0.25, 0.3) is 11.8 Å². The molecular weight excluding hydrogens is 366 g/mol. The molecular formula is C19H17N3O4S. The van der Waals surface area contributed by atoms with Crippen molar-refractivity contribution in [2.75, 3.05) is 32.8 Å². The number of ether oxygens (including phenoxy) is 1. The van der Waals surface area contributed by atoms with Crippen molar-refractivity contribution in [3.63, 3.8) is 0 Å². The van der Waals surface area contributed by atoms with Crippen molar-refractivity contribution in [2.24, 2.45) is 0 Å². The Morgan fingerprint density at radius 1 is 1.04 bits per heavy atom. The van der Waals surface area contributed by atoms with Crippen LogP contribution in [0.5, 0.6) is 0 Å². The molecule has 1 aliphatic heterocycles. The van der Waals surface area contributed by atoms with E-state index in [2.05, 4.69) is 0 Å². The van der Waals surface area contributed by atoms with Crippen LogP contribution in [0.15, 0.2) is 41.8 Å². The largest absolute Gasteiger partial charge is 0.452 e. The molecule has 2 amide bonds. The Morgan fingerprint density at radius 3 is 2.30 bits per heavy atom. The van der Waals surface area contributed by atoms with Gasteiger partial charge in [0.15, 0.2) is 6.61 Å². The summed E-state index contributed by atoms with van der Waals surface area (Å²) in [4.78, 5) is 40.5. The van der Waals surface area contributed by atoms with E-state index < -0.39 is 5.97 Å². The summed E-state index contributed by atoms with van der Waals surface area (Å²) in [5, 5.41) is 10.6. The van der Waals surface area contributed by atoms with Gasteiger partial charge in [-0.3, -0.25) is 9.59 Å². The van der Waals surface area contributed by atoms with E-state index in [9.17, 15) is 14.4 Å². The predicted molar refractivity (Wildman–Crippen MR) is 98.2 cm³/mol. The highest BCUT2D eigenvalue weighted by atomic mass is 32.1. The molecule has 1 aromatic heterocycles. The number of nitriles is 1. The summed E-state index contributed by atoms with van der Waals surface area (Å²) in [7, 11) is 0. The number of rotatable bonds is 4. The molecule has 1 aromatic carbocycles. The summed E-state index contributed by atoms with van der Waals surface area (Å²) in [5.41, 5.74) is 0.728. The smallest absolute Gasteiger partial charge is 0.338 e. The highest BCUT2D eigenvalue weighted by Crippen LogP contribution is 2.14. The summed E-state index contributed by atoms with van der Waals surface area (Å²) in [6, 6.07) is 11.6. The Hall–Kier alpha value is -3.18. The van der Waals surface area contributed by atoms with E-state index in [0.29, 0.717) is 36.6 Å². The zero-order valence-electron chi connectivity index (χ0n) is 14.5. The van der Waals surface area contributed by atoms with Crippen LogP contribution >= 0.6 is 11.3 Å². The van der Waals surface area contributed by atoms with E-state index in [4.69, 9.17) is 10.00 Å². The van der Waals surface area contributed by atoms with Crippen LogP contribution in [-0.4, -0.2) is 60.4 Å². The number of hydrogen-bond donors (Lipinski definition) is 0. The third-order valence-corrected chi connectivity index (χ3v) is 5.09. The first-order valence-electron chi connectivity index (χ1n) is 8.36. The monoisotopic (exact) mass is 383 g/mol. The second-order valence-electron chi connectivity index (χ2n) is 5.92. The second kappa shape index (κ2) is 8.47. The predicted octanol–water partition coefficient (Wildman–Crippen LogP) is 1.76. The molecule has 1 saturated heterocycles. The van der Waals surface area contributed by atoms with Gasteiger partial charge in [0.1, 0.15) is 0 Å². The molecule has 27 heavy (non-hydrogen) atoms. The Morgan fingerprint density at radius 2 is 1.70 bits per heavy atom. The maximum absolute atomic E-state index is 12.3. The number of carbonyl (C=O) groups is 3. The minimum atomic E-state index is -0.612. The molecule has 8 heteroatoms. The van der Waals surface area contributed by atoms with E-state index in [0.717, 1.165) is 0 Å². The van der Waals surface area contributed by atoms with Crippen LogP contribution in [0.3, 0.4) is 0 Å². The van der Waals surface area contributed by atoms with Gasteiger partial charge in [-0.1, -0.05) is 6.07 Å². The quantitative estimate of drug-likeness (QED) is 0.751. The number of esters is 1. The molecule has 0 saturated carbocycles. The van der Waals surface area contributed by atoms with Crippen LogP contribution in [0.2, 0.25) is 0 Å². The van der Waals surface area contributed by atoms with Crippen molar-refractivity contribution in [2.45, 2.75) is 0 Å². The molecule has 0 aliphatic carbocycles. The fraction of sp³-hybridized carbons (Fsp3) is 0.263. The first kappa shape index (κ1) is 18.6. The van der Waals surface area contributed by atoms with Gasteiger partial charge in [-0.25, -0.2) is 4.79 Å². The third-order valence-electron chi connectivity index (χ3n) is 4.23. The molecule has 2 heterocycles. The summed E-state index contributed by atoms with van der Waals surface area (Å²) in [6.07, 6.45) is 0. The SMILES string of the molecule is N#Cc1ccc(C(=O)OCC(=O)N2CCN(C(=O)c3cccs3)CC2)cc1. The number of amides is 2. The van der Waals surface area contributed by atoms with E-state index in [1.54, 1.807) is 15.9 Å². The lowest BCUT2D eigenvalue weighted by molar-refractivity contribution is -0.136. The highest BCUT2D eigenvalue weighted by Gasteiger charge is 2.25. The van der Waals surface area contributed by atoms with Gasteiger partial charge < -0.3 is 14.5 Å². The third kappa shape index (κ3) is 4.51. The molecule has 0 unspecified atom stereocenters. The molecule has 138 valence electrons. The van der Waals surface area contributed by atoms with E-state index in [-0.39, 0.29) is 24.0 Å². The van der Waals surface area contributed by atoms with Gasteiger partial charge in [0, 0.05) is 26.2 Å². The molecule has 7 nitrogen and oxygen atoms in total. The lowest BCUT2D eigenvalue weighted by Crippen LogP contribution is -2.51. The molecule has 1 fully saturated rings. The Kier molecular flexibility index (Phi) is 5.84. The Labute approximate surface area is 160 Å². The zero-order chi connectivity index (χ0) is 19.2. The molecule has 0 spiro atoms. The van der Waals surface area contributed by atoms with Crippen LogP contribution in [0.1, 0.15) is 25.6 Å². The topological polar surface area (TPSA) is 90.7 Å². The Bertz CT molecular complexity index is 863. The molecule has 3 rings (SSSR count). The molecule has 2 aromatic rings. The van der Waals surface area contributed by atoms with Crippen molar-refractivity contribution in [1.82, 2.24) is 9.80 Å². The molecule has 0 N–H and O–H groups in total. The fourth-order valence-corrected chi connectivity index (χ4v) is 3.39. The van der Waals surface area contributed by atoms with Crippen molar-refractivity contribution in [3.8, 4) is 6.07 Å². The normalized spacial score (nSPS) is 13.7. The maximum atomic E-state index is 12.3. The van der Waals surface area contributed by atoms with Gasteiger partial charge >= 0.3 is 5.97 Å². The first-order chi connectivity index (χ1) is 13.1. The number of piperazine rings is 1. The molecule has 0 radical (unpaired) electrons. The van der Waals surface area contributed by atoms with Crippen molar-refractivity contribution in [1.29, 1.82) is 5.26 Å². The van der Waals surface area contributed by atoms with Gasteiger partial charge in [-0.15, -0.1) is 11.3 Å². The standard InChI is InChI=1S/C19H17N3O4S/c20-12-14-3-5-15(6-4-14)19(25)26-13-17(23)21-7-9-22(10-8-21)18(24)16-2-1-11-27-16/h1-6,11H,7-10,13H2. The van der Waals surface area contributed by atoms with E-state index in [1.807, 2.05) is 17.5 Å². The van der Waals surface area contributed by atoms with Crippen molar-refractivity contribution in [3.05, 3.63) is 57.8 Å². The van der Waals surface area contributed by atoms with Crippen LogP contribution in [0.25, 0.3) is 0 Å². The van der Waals surface area contributed by atoms with E-state index in [1.165, 1.54) is 35.6 Å². The minimum Gasteiger partial charge on any atom is -0.452 e. The summed E-state index contributed by atoms with van der Waals surface area (Å²) in [6.45, 7) is 1.37. The lowest BCUT2D eigenvalue weighted by Gasteiger charge is -2.34. The summed E-state index contributed by atoms with van der Waals surface area (Å²) >= 11 is 1.40. The number of nitrogens with zero attached hydrogens (tertiary/aromatic N) is 3. The second-order valence-corrected chi connectivity index (χ2v) is 6.86. The lowest BCUT2D eigenvalue weighted by atomic mass is 10.1. The number of benzene rings is 1. The molecule has 0 bridgehead atoms. The maximum Gasteiger partial charge on any atom is 0.338 e. The van der Waals surface area contributed by atoms with E-state index >= 15 is 0 Å². The average molecular weight is 383 g/mol. The van der Waals surface area contributed by atoms with Crippen LogP contribution in [-0.2, 0) is 9.53 Å². The van der Waals surface area contributed by atoms with Gasteiger partial charge in [0.05, 0.1) is 22.1 Å². The molecule has 1 aliphatic rings. The number of carbonyl (C=O) groups excluding carboxylic acids is 3. The average Bonchev–Trinajstić information content (AvgIpc) is 3.26.